The van der Waals surface area contributed by atoms with E-state index in [-0.39, 0.29) is 0 Å². The van der Waals surface area contributed by atoms with Crippen LogP contribution in [0.2, 0.25) is 0 Å². The summed E-state index contributed by atoms with van der Waals surface area (Å²) in [5, 5.41) is 0. The van der Waals surface area contributed by atoms with E-state index in [2.05, 4.69) is 9.88 Å². The summed E-state index contributed by atoms with van der Waals surface area (Å²) in [4.78, 5) is 6.70. The molecule has 0 N–H and O–H groups in total. The largest absolute Gasteiger partial charge is 0.495 e. The van der Waals surface area contributed by atoms with Gasteiger partial charge in [-0.05, 0) is 30.9 Å². The maximum atomic E-state index is 5.86. The second kappa shape index (κ2) is 5.39. The number of ether oxygens (including phenoxy) is 1. The van der Waals surface area contributed by atoms with Gasteiger partial charge in [-0.25, -0.2) is 4.98 Å². The molecule has 2 heterocycles. The number of rotatable bonds is 3. The highest BCUT2D eigenvalue weighted by atomic mass is 35.5. The van der Waals surface area contributed by atoms with Gasteiger partial charge in [-0.2, -0.15) is 0 Å². The Balaban J connectivity index is 1.97. The molecule has 0 aliphatic carbocycles. The highest BCUT2D eigenvalue weighted by Gasteiger charge is 2.19. The topological polar surface area (TPSA) is 25.4 Å². The predicted octanol–water partition coefficient (Wildman–Crippen LogP) is 2.55. The third kappa shape index (κ3) is 2.59. The van der Waals surface area contributed by atoms with Crippen molar-refractivity contribution in [3.63, 3.8) is 0 Å². The number of piperidine rings is 1. The van der Waals surface area contributed by atoms with E-state index in [9.17, 15) is 0 Å². The van der Waals surface area contributed by atoms with Crippen molar-refractivity contribution in [2.75, 3.05) is 31.0 Å². The fourth-order valence-corrected chi connectivity index (χ4v) is 2.31. The van der Waals surface area contributed by atoms with Crippen molar-refractivity contribution in [1.29, 1.82) is 0 Å². The Labute approximate surface area is 101 Å². The van der Waals surface area contributed by atoms with Crippen molar-refractivity contribution in [3.8, 4) is 5.75 Å². The first-order valence-electron chi connectivity index (χ1n) is 5.64. The average molecular weight is 241 g/mol. The number of nitrogens with zero attached hydrogens (tertiary/aromatic N) is 2. The van der Waals surface area contributed by atoms with Crippen molar-refractivity contribution >= 4 is 17.4 Å². The molecule has 1 aromatic rings. The van der Waals surface area contributed by atoms with Crippen LogP contribution >= 0.6 is 11.6 Å². The smallest absolute Gasteiger partial charge is 0.137 e. The maximum absolute atomic E-state index is 5.86. The normalized spacial score (nSPS) is 17.5. The summed E-state index contributed by atoms with van der Waals surface area (Å²) in [7, 11) is 1.66. The van der Waals surface area contributed by atoms with Crippen LogP contribution in [0.1, 0.15) is 12.8 Å². The highest BCUT2D eigenvalue weighted by molar-refractivity contribution is 6.18. The van der Waals surface area contributed by atoms with E-state index in [1.807, 2.05) is 12.1 Å². The molecule has 1 fully saturated rings. The van der Waals surface area contributed by atoms with Gasteiger partial charge in [0, 0.05) is 19.0 Å². The van der Waals surface area contributed by atoms with Crippen molar-refractivity contribution < 1.29 is 4.74 Å². The van der Waals surface area contributed by atoms with E-state index in [4.69, 9.17) is 16.3 Å². The molecule has 0 aromatic carbocycles. The Kier molecular flexibility index (Phi) is 3.88. The zero-order chi connectivity index (χ0) is 11.4. The summed E-state index contributed by atoms with van der Waals surface area (Å²) in [6.45, 7) is 2.10. The van der Waals surface area contributed by atoms with Gasteiger partial charge >= 0.3 is 0 Å². The number of hydrogen-bond acceptors (Lipinski definition) is 3. The van der Waals surface area contributed by atoms with Crippen LogP contribution in [0, 0.1) is 5.92 Å². The summed E-state index contributed by atoms with van der Waals surface area (Å²) in [5.41, 5.74) is 0. The van der Waals surface area contributed by atoms with Gasteiger partial charge in [0.1, 0.15) is 11.6 Å². The molecule has 0 radical (unpaired) electrons. The molecular weight excluding hydrogens is 224 g/mol. The third-order valence-corrected chi connectivity index (χ3v) is 3.55. The van der Waals surface area contributed by atoms with Gasteiger partial charge in [0.25, 0.3) is 0 Å². The molecule has 16 heavy (non-hydrogen) atoms. The minimum absolute atomic E-state index is 0.677. The standard InChI is InChI=1S/C12H17ClN2O/c1-16-11-2-3-12(14-9-11)15-6-4-10(8-13)5-7-15/h2-3,9-10H,4-8H2,1H3. The highest BCUT2D eigenvalue weighted by Crippen LogP contribution is 2.23. The number of alkyl halides is 1. The minimum atomic E-state index is 0.677. The molecule has 0 unspecified atom stereocenters. The first-order chi connectivity index (χ1) is 7.83. The van der Waals surface area contributed by atoms with E-state index < -0.39 is 0 Å². The predicted molar refractivity (Wildman–Crippen MR) is 66.4 cm³/mol. The lowest BCUT2D eigenvalue weighted by atomic mass is 9.99. The lowest BCUT2D eigenvalue weighted by molar-refractivity contribution is 0.412. The van der Waals surface area contributed by atoms with Gasteiger partial charge in [0.2, 0.25) is 0 Å². The number of aromatic nitrogens is 1. The number of hydrogen-bond donors (Lipinski definition) is 0. The van der Waals surface area contributed by atoms with Crippen LogP contribution in [0.5, 0.6) is 5.75 Å². The summed E-state index contributed by atoms with van der Waals surface area (Å²) in [6.07, 6.45) is 4.09. The zero-order valence-electron chi connectivity index (χ0n) is 9.53. The van der Waals surface area contributed by atoms with E-state index in [0.717, 1.165) is 43.4 Å². The van der Waals surface area contributed by atoms with Crippen molar-refractivity contribution in [1.82, 2.24) is 4.98 Å². The van der Waals surface area contributed by atoms with Gasteiger partial charge in [-0.3, -0.25) is 0 Å². The first kappa shape index (κ1) is 11.5. The number of halogens is 1. The first-order valence-corrected chi connectivity index (χ1v) is 6.18. The molecule has 0 saturated carbocycles. The van der Waals surface area contributed by atoms with Gasteiger partial charge in [0.05, 0.1) is 13.3 Å². The van der Waals surface area contributed by atoms with Crippen molar-refractivity contribution in [2.45, 2.75) is 12.8 Å². The monoisotopic (exact) mass is 240 g/mol. The molecule has 0 spiro atoms. The molecule has 3 nitrogen and oxygen atoms in total. The Morgan fingerprint density at radius 2 is 2.19 bits per heavy atom. The Hall–Kier alpha value is -0.960. The average Bonchev–Trinajstić information content (AvgIpc) is 2.39. The fraction of sp³-hybridized carbons (Fsp3) is 0.583. The van der Waals surface area contributed by atoms with E-state index >= 15 is 0 Å². The Bertz CT molecular complexity index is 320. The summed E-state index contributed by atoms with van der Waals surface area (Å²) in [5.74, 6) is 3.30. The van der Waals surface area contributed by atoms with Gasteiger partial charge in [0.15, 0.2) is 0 Å². The summed E-state index contributed by atoms with van der Waals surface area (Å²) < 4.78 is 5.09. The molecule has 1 saturated heterocycles. The van der Waals surface area contributed by atoms with E-state index in [1.165, 1.54) is 0 Å². The van der Waals surface area contributed by atoms with Gasteiger partial charge in [-0.15, -0.1) is 11.6 Å². The Morgan fingerprint density at radius 1 is 1.44 bits per heavy atom. The van der Waals surface area contributed by atoms with Crippen LogP contribution in [0.25, 0.3) is 0 Å². The number of pyridine rings is 1. The third-order valence-electron chi connectivity index (χ3n) is 3.11. The molecule has 1 aliphatic rings. The molecule has 0 amide bonds. The lowest BCUT2D eigenvalue weighted by Gasteiger charge is -2.31. The molecule has 88 valence electrons. The molecule has 1 aromatic heterocycles. The lowest BCUT2D eigenvalue weighted by Crippen LogP contribution is -2.34. The number of anilines is 1. The van der Waals surface area contributed by atoms with Crippen LogP contribution in [0.3, 0.4) is 0 Å². The van der Waals surface area contributed by atoms with Crippen LogP contribution in [-0.2, 0) is 0 Å². The van der Waals surface area contributed by atoms with Crippen LogP contribution in [-0.4, -0.2) is 31.1 Å². The second-order valence-corrected chi connectivity index (χ2v) is 4.45. The minimum Gasteiger partial charge on any atom is -0.495 e. The molecule has 4 heteroatoms. The Morgan fingerprint density at radius 3 is 2.69 bits per heavy atom. The van der Waals surface area contributed by atoms with Crippen LogP contribution in [0.4, 0.5) is 5.82 Å². The zero-order valence-corrected chi connectivity index (χ0v) is 10.3. The van der Waals surface area contributed by atoms with Gasteiger partial charge < -0.3 is 9.64 Å². The number of methoxy groups -OCH3 is 1. The maximum Gasteiger partial charge on any atom is 0.137 e. The van der Waals surface area contributed by atoms with Crippen molar-refractivity contribution in [2.24, 2.45) is 5.92 Å². The quantitative estimate of drug-likeness (QED) is 0.760. The molecule has 0 atom stereocenters. The molecule has 1 aliphatic heterocycles. The molecular formula is C12H17ClN2O. The summed E-state index contributed by atoms with van der Waals surface area (Å²) >= 11 is 5.86. The van der Waals surface area contributed by atoms with Crippen LogP contribution in [0.15, 0.2) is 18.3 Å². The van der Waals surface area contributed by atoms with E-state index in [1.54, 1.807) is 13.3 Å². The fourth-order valence-electron chi connectivity index (χ4n) is 2.00. The van der Waals surface area contributed by atoms with Crippen LogP contribution < -0.4 is 9.64 Å². The molecule has 2 rings (SSSR count). The summed E-state index contributed by atoms with van der Waals surface area (Å²) in [6, 6.07) is 3.97. The van der Waals surface area contributed by atoms with E-state index in [0.29, 0.717) is 5.92 Å². The van der Waals surface area contributed by atoms with Crippen molar-refractivity contribution in [3.05, 3.63) is 18.3 Å². The SMILES string of the molecule is COc1ccc(N2CCC(CCl)CC2)nc1. The second-order valence-electron chi connectivity index (χ2n) is 4.14. The van der Waals surface area contributed by atoms with Gasteiger partial charge in [-0.1, -0.05) is 0 Å². The molecule has 0 bridgehead atoms.